The van der Waals surface area contributed by atoms with Crippen molar-refractivity contribution in [2.45, 2.75) is 46.1 Å². The third kappa shape index (κ3) is 4.32. The van der Waals surface area contributed by atoms with E-state index in [0.717, 1.165) is 46.9 Å². The van der Waals surface area contributed by atoms with Gasteiger partial charge < -0.3 is 0 Å². The lowest BCUT2D eigenvalue weighted by molar-refractivity contribution is -0.123. The average molecular weight is 402 g/mol. The number of pyridine rings is 1. The molecule has 0 bridgehead atoms. The van der Waals surface area contributed by atoms with Gasteiger partial charge in [-0.05, 0) is 37.5 Å². The number of nitrogens with zero attached hydrogens (tertiary/aromatic N) is 4. The molecule has 1 aliphatic rings. The highest BCUT2D eigenvalue weighted by Crippen LogP contribution is 2.24. The first kappa shape index (κ1) is 20.0. The summed E-state index contributed by atoms with van der Waals surface area (Å²) < 4.78 is 1.87. The van der Waals surface area contributed by atoms with Gasteiger partial charge in [0.25, 0.3) is 0 Å². The maximum atomic E-state index is 12.7. The van der Waals surface area contributed by atoms with Crippen molar-refractivity contribution in [3.05, 3.63) is 65.6 Å². The maximum Gasteiger partial charge on any atom is 0.228 e. The quantitative estimate of drug-likeness (QED) is 0.627. The van der Waals surface area contributed by atoms with Gasteiger partial charge in [-0.2, -0.15) is 5.10 Å². The van der Waals surface area contributed by atoms with E-state index in [1.165, 1.54) is 0 Å². The summed E-state index contributed by atoms with van der Waals surface area (Å²) in [6.07, 6.45) is 3.40. The second kappa shape index (κ2) is 8.61. The average Bonchev–Trinajstić information content (AvgIpc) is 3.13. The van der Waals surface area contributed by atoms with Gasteiger partial charge in [0.2, 0.25) is 5.91 Å². The van der Waals surface area contributed by atoms with Crippen molar-refractivity contribution in [2.24, 2.45) is 0 Å². The predicted octanol–water partition coefficient (Wildman–Crippen LogP) is 3.89. The fourth-order valence-electron chi connectivity index (χ4n) is 3.96. The maximum absolute atomic E-state index is 12.7. The second-order valence-corrected chi connectivity index (χ2v) is 7.84. The number of carbonyl (C=O) groups is 2. The summed E-state index contributed by atoms with van der Waals surface area (Å²) in [6, 6.07) is 14.0. The van der Waals surface area contributed by atoms with Crippen LogP contribution in [0.4, 0.5) is 5.82 Å². The molecule has 3 heterocycles. The third-order valence-electron chi connectivity index (χ3n) is 5.46. The van der Waals surface area contributed by atoms with Gasteiger partial charge in [0.05, 0.1) is 5.69 Å². The highest BCUT2D eigenvalue weighted by Gasteiger charge is 2.24. The lowest BCUT2D eigenvalue weighted by Gasteiger charge is -2.27. The van der Waals surface area contributed by atoms with Crippen LogP contribution in [0, 0.1) is 13.8 Å². The van der Waals surface area contributed by atoms with Gasteiger partial charge in [-0.15, -0.1) is 0 Å². The molecule has 154 valence electrons. The predicted molar refractivity (Wildman–Crippen MR) is 116 cm³/mol. The van der Waals surface area contributed by atoms with Crippen molar-refractivity contribution in [2.75, 3.05) is 11.4 Å². The van der Waals surface area contributed by atoms with Gasteiger partial charge in [-0.3, -0.25) is 19.5 Å². The Bertz CT molecular complexity index is 1070. The molecule has 0 unspecified atom stereocenters. The molecule has 0 aliphatic carbocycles. The third-order valence-corrected chi connectivity index (χ3v) is 5.46. The Hall–Kier alpha value is -3.28. The lowest BCUT2D eigenvalue weighted by Crippen LogP contribution is -2.37. The number of aryl methyl sites for hydroxylation is 3. The summed E-state index contributed by atoms with van der Waals surface area (Å²) in [5, 5.41) is 4.42. The van der Waals surface area contributed by atoms with E-state index in [2.05, 4.69) is 22.2 Å². The van der Waals surface area contributed by atoms with Crippen molar-refractivity contribution in [1.82, 2.24) is 14.8 Å². The standard InChI is InChI=1S/C24H26N4O2/c1-17-13-20(25-16-22(17)19-7-4-3-5-8-19)15-21(29)9-10-24(30)27-11-6-12-28-23(27)14-18(2)26-28/h3-5,7-8,13-14,16H,6,9-12,15H2,1-2H3. The normalized spacial score (nSPS) is 13.2. The molecule has 3 aromatic rings. The number of ketones is 1. The minimum Gasteiger partial charge on any atom is -0.299 e. The van der Waals surface area contributed by atoms with Gasteiger partial charge in [-0.1, -0.05) is 30.3 Å². The summed E-state index contributed by atoms with van der Waals surface area (Å²) in [5.74, 6) is 0.849. The molecule has 0 saturated carbocycles. The molecule has 0 saturated heterocycles. The highest BCUT2D eigenvalue weighted by molar-refractivity contribution is 5.95. The molecule has 4 rings (SSSR count). The molecule has 30 heavy (non-hydrogen) atoms. The number of fused-ring (bicyclic) bond motifs is 1. The first-order valence-corrected chi connectivity index (χ1v) is 10.4. The van der Waals surface area contributed by atoms with Crippen LogP contribution in [-0.2, 0) is 22.6 Å². The van der Waals surface area contributed by atoms with E-state index in [4.69, 9.17) is 0 Å². The van der Waals surface area contributed by atoms with Gasteiger partial charge in [0.15, 0.2) is 0 Å². The van der Waals surface area contributed by atoms with Crippen LogP contribution in [0.25, 0.3) is 11.1 Å². The number of carbonyl (C=O) groups excluding carboxylic acids is 2. The molecule has 0 radical (unpaired) electrons. The zero-order chi connectivity index (χ0) is 21.1. The molecule has 1 aliphatic heterocycles. The molecule has 6 heteroatoms. The van der Waals surface area contributed by atoms with Crippen LogP contribution in [0.15, 0.2) is 48.7 Å². The summed E-state index contributed by atoms with van der Waals surface area (Å²) in [5.41, 5.74) is 4.92. The molecule has 0 N–H and O–H groups in total. The Kier molecular flexibility index (Phi) is 5.74. The monoisotopic (exact) mass is 402 g/mol. The Morgan fingerprint density at radius 2 is 1.83 bits per heavy atom. The number of rotatable bonds is 6. The minimum atomic E-state index is -0.0206. The van der Waals surface area contributed by atoms with E-state index < -0.39 is 0 Å². The van der Waals surface area contributed by atoms with Crippen molar-refractivity contribution in [3.8, 4) is 11.1 Å². The van der Waals surface area contributed by atoms with Crippen LogP contribution in [-0.4, -0.2) is 33.0 Å². The van der Waals surface area contributed by atoms with Crippen LogP contribution in [0.3, 0.4) is 0 Å². The molecule has 1 amide bonds. The summed E-state index contributed by atoms with van der Waals surface area (Å²) in [7, 11) is 0. The van der Waals surface area contributed by atoms with Gasteiger partial charge in [-0.25, -0.2) is 4.68 Å². The van der Waals surface area contributed by atoms with Gasteiger partial charge in [0, 0.05) is 55.9 Å². The van der Waals surface area contributed by atoms with E-state index in [-0.39, 0.29) is 31.0 Å². The van der Waals surface area contributed by atoms with Crippen LogP contribution in [0.2, 0.25) is 0 Å². The Labute approximate surface area is 176 Å². The van der Waals surface area contributed by atoms with Crippen LogP contribution < -0.4 is 4.90 Å². The van der Waals surface area contributed by atoms with E-state index in [1.54, 1.807) is 4.90 Å². The number of aromatic nitrogens is 3. The second-order valence-electron chi connectivity index (χ2n) is 7.84. The molecule has 1 aromatic carbocycles. The van der Waals surface area contributed by atoms with E-state index in [0.29, 0.717) is 6.54 Å². The molecular formula is C24H26N4O2. The highest BCUT2D eigenvalue weighted by atomic mass is 16.2. The molecular weight excluding hydrogens is 376 g/mol. The zero-order valence-corrected chi connectivity index (χ0v) is 17.5. The van der Waals surface area contributed by atoms with E-state index >= 15 is 0 Å². The van der Waals surface area contributed by atoms with Crippen LogP contribution in [0.1, 0.15) is 36.2 Å². The number of hydrogen-bond acceptors (Lipinski definition) is 4. The number of Topliss-reactive ketones (excluding diaryl/α,β-unsaturated/α-hetero) is 1. The summed E-state index contributed by atoms with van der Waals surface area (Å²) in [4.78, 5) is 31.4. The smallest absolute Gasteiger partial charge is 0.228 e. The van der Waals surface area contributed by atoms with Crippen LogP contribution >= 0.6 is 0 Å². The first-order chi connectivity index (χ1) is 14.5. The molecule has 0 spiro atoms. The van der Waals surface area contributed by atoms with Crippen molar-refractivity contribution in [3.63, 3.8) is 0 Å². The largest absolute Gasteiger partial charge is 0.299 e. The topological polar surface area (TPSA) is 68.1 Å². The Morgan fingerprint density at radius 3 is 2.60 bits per heavy atom. The number of hydrogen-bond donors (Lipinski definition) is 0. The Balaban J connectivity index is 1.35. The minimum absolute atomic E-state index is 0.0206. The Morgan fingerprint density at radius 1 is 1.03 bits per heavy atom. The molecule has 0 fully saturated rings. The number of benzene rings is 1. The van der Waals surface area contributed by atoms with Gasteiger partial charge in [0.1, 0.15) is 11.6 Å². The van der Waals surface area contributed by atoms with E-state index in [9.17, 15) is 9.59 Å². The van der Waals surface area contributed by atoms with E-state index in [1.807, 2.05) is 55.1 Å². The van der Waals surface area contributed by atoms with Crippen molar-refractivity contribution < 1.29 is 9.59 Å². The fourth-order valence-corrected chi connectivity index (χ4v) is 3.96. The number of anilines is 1. The lowest BCUT2D eigenvalue weighted by atomic mass is 10.0. The number of amides is 1. The molecule has 6 nitrogen and oxygen atoms in total. The van der Waals surface area contributed by atoms with Gasteiger partial charge >= 0.3 is 0 Å². The fraction of sp³-hybridized carbons (Fsp3) is 0.333. The van der Waals surface area contributed by atoms with Crippen molar-refractivity contribution in [1.29, 1.82) is 0 Å². The first-order valence-electron chi connectivity index (χ1n) is 10.4. The van der Waals surface area contributed by atoms with Crippen LogP contribution in [0.5, 0.6) is 0 Å². The summed E-state index contributed by atoms with van der Waals surface area (Å²) in [6.45, 7) is 5.47. The van der Waals surface area contributed by atoms with Crippen molar-refractivity contribution >= 4 is 17.5 Å². The molecule has 0 atom stereocenters. The summed E-state index contributed by atoms with van der Waals surface area (Å²) >= 11 is 0. The molecule has 2 aromatic heterocycles. The zero-order valence-electron chi connectivity index (χ0n) is 17.5. The SMILES string of the molecule is Cc1cc2n(n1)CCCN2C(=O)CCC(=O)Cc1cc(C)c(-c2ccccc2)cn1.